The highest BCUT2D eigenvalue weighted by atomic mass is 16.6. The molecule has 1 aliphatic rings. The lowest BCUT2D eigenvalue weighted by Crippen LogP contribution is -2.38. The van der Waals surface area contributed by atoms with Crippen LogP contribution in [0.3, 0.4) is 0 Å². The normalized spacial score (nSPS) is 12.9. The van der Waals surface area contributed by atoms with Crippen molar-refractivity contribution in [3.8, 4) is 17.2 Å². The van der Waals surface area contributed by atoms with Gasteiger partial charge in [-0.1, -0.05) is 0 Å². The number of methoxy groups -OCH3 is 3. The molecule has 1 saturated carbocycles. The monoisotopic (exact) mass is 353 g/mol. The number of rotatable bonds is 8. The first-order valence-electron chi connectivity index (χ1n) is 7.47. The number of ether oxygens (including phenoxy) is 3. The molecule has 0 aromatic heterocycles. The van der Waals surface area contributed by atoms with E-state index in [2.05, 4.69) is 10.6 Å². The second kappa shape index (κ2) is 7.69. The Balaban J connectivity index is 2.31. The van der Waals surface area contributed by atoms with Gasteiger partial charge in [0.1, 0.15) is 5.56 Å². The van der Waals surface area contributed by atoms with E-state index in [1.807, 2.05) is 0 Å². The maximum absolute atomic E-state index is 12.4. The maximum Gasteiger partial charge on any atom is 0.327 e. The van der Waals surface area contributed by atoms with Crippen molar-refractivity contribution in [3.63, 3.8) is 0 Å². The summed E-state index contributed by atoms with van der Waals surface area (Å²) in [5.74, 6) is -1.29. The average Bonchev–Trinajstić information content (AvgIpc) is 3.41. The Hall–Kier alpha value is -3.04. The highest BCUT2D eigenvalue weighted by molar-refractivity contribution is 6.02. The zero-order valence-electron chi connectivity index (χ0n) is 14.1. The minimum atomic E-state index is -0.795. The number of hydrogen-bond donors (Lipinski definition) is 2. The molecule has 2 amide bonds. The molecule has 1 aromatic rings. The fourth-order valence-electron chi connectivity index (χ4n) is 2.26. The molecule has 0 aliphatic heterocycles. The van der Waals surface area contributed by atoms with Crippen LogP contribution in [-0.2, 0) is 4.79 Å². The molecule has 1 aliphatic carbocycles. The Morgan fingerprint density at radius 3 is 2.32 bits per heavy atom. The van der Waals surface area contributed by atoms with E-state index in [0.29, 0.717) is 0 Å². The molecule has 2 rings (SSSR count). The Bertz CT molecular complexity index is 701. The van der Waals surface area contributed by atoms with Crippen molar-refractivity contribution >= 4 is 17.5 Å². The van der Waals surface area contributed by atoms with Crippen LogP contribution in [0.15, 0.2) is 6.07 Å². The number of carbonyl (C=O) groups excluding carboxylic acids is 2. The molecule has 10 nitrogen and oxygen atoms in total. The quantitative estimate of drug-likeness (QED) is 0.518. The molecular formula is C15H19N3O7. The fraction of sp³-hybridized carbons (Fsp3) is 0.467. The maximum atomic E-state index is 12.4. The van der Waals surface area contributed by atoms with Gasteiger partial charge in [-0.2, -0.15) is 0 Å². The lowest BCUT2D eigenvalue weighted by Gasteiger charge is -2.14. The van der Waals surface area contributed by atoms with E-state index in [0.717, 1.165) is 12.8 Å². The lowest BCUT2D eigenvalue weighted by atomic mass is 10.1. The summed E-state index contributed by atoms with van der Waals surface area (Å²) in [6.45, 7) is -0.289. The van der Waals surface area contributed by atoms with Crippen LogP contribution >= 0.6 is 0 Å². The Labute approximate surface area is 143 Å². The summed E-state index contributed by atoms with van der Waals surface area (Å²) in [6, 6.07) is 1.33. The SMILES string of the molecule is COc1cc(C(=O)NCC(=O)NC2CC2)c([N+](=O)[O-])c(OC)c1OC. The minimum Gasteiger partial charge on any atom is -0.493 e. The molecule has 25 heavy (non-hydrogen) atoms. The van der Waals surface area contributed by atoms with Gasteiger partial charge in [0.25, 0.3) is 5.91 Å². The van der Waals surface area contributed by atoms with Gasteiger partial charge in [0.05, 0.1) is 32.8 Å². The molecular weight excluding hydrogens is 334 g/mol. The molecule has 0 spiro atoms. The number of nitrogens with zero attached hydrogens (tertiary/aromatic N) is 1. The number of nitro groups is 1. The lowest BCUT2D eigenvalue weighted by molar-refractivity contribution is -0.386. The van der Waals surface area contributed by atoms with Gasteiger partial charge in [-0.25, -0.2) is 0 Å². The van der Waals surface area contributed by atoms with E-state index in [4.69, 9.17) is 14.2 Å². The molecule has 0 unspecified atom stereocenters. The molecule has 0 bridgehead atoms. The summed E-state index contributed by atoms with van der Waals surface area (Å²) in [4.78, 5) is 34.7. The Morgan fingerprint density at radius 2 is 1.84 bits per heavy atom. The number of amides is 2. The van der Waals surface area contributed by atoms with Crippen LogP contribution < -0.4 is 24.8 Å². The molecule has 0 heterocycles. The van der Waals surface area contributed by atoms with Crippen LogP contribution in [0, 0.1) is 10.1 Å². The van der Waals surface area contributed by atoms with E-state index in [9.17, 15) is 19.7 Å². The number of carbonyl (C=O) groups is 2. The fourth-order valence-corrected chi connectivity index (χ4v) is 2.26. The van der Waals surface area contributed by atoms with Crippen LogP contribution in [0.2, 0.25) is 0 Å². The number of hydrogen-bond acceptors (Lipinski definition) is 7. The van der Waals surface area contributed by atoms with Crippen LogP contribution in [-0.4, -0.2) is 50.7 Å². The summed E-state index contributed by atoms with van der Waals surface area (Å²) in [5.41, 5.74) is -0.862. The van der Waals surface area contributed by atoms with E-state index < -0.39 is 16.5 Å². The van der Waals surface area contributed by atoms with Gasteiger partial charge < -0.3 is 24.8 Å². The van der Waals surface area contributed by atoms with Crippen molar-refractivity contribution in [1.29, 1.82) is 0 Å². The number of benzene rings is 1. The predicted octanol–water partition coefficient (Wildman–Crippen LogP) is 0.629. The van der Waals surface area contributed by atoms with Crippen molar-refractivity contribution in [1.82, 2.24) is 10.6 Å². The van der Waals surface area contributed by atoms with Crippen LogP contribution in [0.25, 0.3) is 0 Å². The van der Waals surface area contributed by atoms with Crippen molar-refractivity contribution < 1.29 is 28.7 Å². The molecule has 1 aromatic carbocycles. The van der Waals surface area contributed by atoms with Crippen LogP contribution in [0.5, 0.6) is 17.2 Å². The van der Waals surface area contributed by atoms with Crippen molar-refractivity contribution in [2.75, 3.05) is 27.9 Å². The third-order valence-corrected chi connectivity index (χ3v) is 3.58. The average molecular weight is 353 g/mol. The number of nitrogens with one attached hydrogen (secondary N) is 2. The van der Waals surface area contributed by atoms with E-state index in [1.54, 1.807) is 0 Å². The molecule has 0 atom stereocenters. The van der Waals surface area contributed by atoms with Crippen molar-refractivity contribution in [2.45, 2.75) is 18.9 Å². The van der Waals surface area contributed by atoms with Crippen molar-refractivity contribution in [3.05, 3.63) is 21.7 Å². The Morgan fingerprint density at radius 1 is 1.20 bits per heavy atom. The van der Waals surface area contributed by atoms with Crippen LogP contribution in [0.4, 0.5) is 5.69 Å². The van der Waals surface area contributed by atoms with Gasteiger partial charge >= 0.3 is 5.69 Å². The predicted molar refractivity (Wildman–Crippen MR) is 86.3 cm³/mol. The zero-order chi connectivity index (χ0) is 18.6. The summed E-state index contributed by atoms with van der Waals surface area (Å²) in [5, 5.41) is 16.5. The smallest absolute Gasteiger partial charge is 0.327 e. The third-order valence-electron chi connectivity index (χ3n) is 3.58. The molecule has 10 heteroatoms. The first kappa shape index (κ1) is 18.3. The van der Waals surface area contributed by atoms with Crippen molar-refractivity contribution in [2.24, 2.45) is 0 Å². The molecule has 2 N–H and O–H groups in total. The zero-order valence-corrected chi connectivity index (χ0v) is 14.1. The first-order chi connectivity index (χ1) is 11.9. The summed E-state index contributed by atoms with van der Waals surface area (Å²) < 4.78 is 15.2. The summed E-state index contributed by atoms with van der Waals surface area (Å²) in [6.07, 6.45) is 1.83. The number of nitro benzene ring substituents is 1. The van der Waals surface area contributed by atoms with Gasteiger partial charge in [-0.05, 0) is 12.8 Å². The summed E-state index contributed by atoms with van der Waals surface area (Å²) in [7, 11) is 3.84. The van der Waals surface area contributed by atoms with E-state index in [1.165, 1.54) is 27.4 Å². The van der Waals surface area contributed by atoms with Gasteiger partial charge in [-0.3, -0.25) is 19.7 Å². The van der Waals surface area contributed by atoms with Gasteiger partial charge in [0.15, 0.2) is 5.75 Å². The highest BCUT2D eigenvalue weighted by Gasteiger charge is 2.32. The summed E-state index contributed by atoms with van der Waals surface area (Å²) >= 11 is 0. The molecule has 1 fully saturated rings. The Kier molecular flexibility index (Phi) is 5.63. The van der Waals surface area contributed by atoms with Gasteiger partial charge in [0.2, 0.25) is 17.4 Å². The van der Waals surface area contributed by atoms with Crippen LogP contribution in [0.1, 0.15) is 23.2 Å². The highest BCUT2D eigenvalue weighted by Crippen LogP contribution is 2.46. The first-order valence-corrected chi connectivity index (χ1v) is 7.47. The topological polar surface area (TPSA) is 129 Å². The van der Waals surface area contributed by atoms with Gasteiger partial charge in [0, 0.05) is 12.1 Å². The second-order valence-corrected chi connectivity index (χ2v) is 5.32. The minimum absolute atomic E-state index is 0.000253. The largest absolute Gasteiger partial charge is 0.493 e. The molecule has 136 valence electrons. The van der Waals surface area contributed by atoms with E-state index in [-0.39, 0.29) is 41.3 Å². The standard InChI is InChI=1S/C15H19N3O7/c1-23-10-6-9(12(18(21)22)14(25-3)13(10)24-2)15(20)16-7-11(19)17-8-4-5-8/h6,8H,4-5,7H2,1-3H3,(H,16,20)(H,17,19). The molecule has 0 saturated heterocycles. The second-order valence-electron chi connectivity index (χ2n) is 5.32. The van der Waals surface area contributed by atoms with E-state index >= 15 is 0 Å². The third kappa shape index (κ3) is 4.08. The van der Waals surface area contributed by atoms with Gasteiger partial charge in [-0.15, -0.1) is 0 Å². The molecule has 0 radical (unpaired) electrons.